The number of rotatable bonds is 1. The zero-order valence-electron chi connectivity index (χ0n) is 9.83. The third-order valence-electron chi connectivity index (χ3n) is 3.08. The molecule has 0 aliphatic rings. The minimum Gasteiger partial charge on any atom is -0.361 e. The van der Waals surface area contributed by atoms with Crippen molar-refractivity contribution in [1.82, 2.24) is 4.98 Å². The molecule has 1 aromatic heterocycles. The minimum absolute atomic E-state index is 0.568. The van der Waals surface area contributed by atoms with E-state index in [4.69, 9.17) is 0 Å². The molecule has 0 fully saturated rings. The lowest BCUT2D eigenvalue weighted by Crippen LogP contribution is -2.04. The molecule has 0 saturated carbocycles. The van der Waals surface area contributed by atoms with Crippen molar-refractivity contribution in [2.45, 2.75) is 6.18 Å². The maximum atomic E-state index is 12.7. The predicted octanol–water partition coefficient (Wildman–Crippen LogP) is 4.85. The second kappa shape index (κ2) is 4.16. The van der Waals surface area contributed by atoms with Crippen molar-refractivity contribution in [3.63, 3.8) is 0 Å². The van der Waals surface area contributed by atoms with Crippen molar-refractivity contribution in [3.8, 4) is 11.1 Å². The largest absolute Gasteiger partial charge is 0.416 e. The zero-order valence-corrected chi connectivity index (χ0v) is 9.83. The lowest BCUT2D eigenvalue weighted by atomic mass is 10.0. The van der Waals surface area contributed by atoms with Crippen molar-refractivity contribution < 1.29 is 13.2 Å². The molecule has 0 amide bonds. The Morgan fingerprint density at radius 2 is 1.63 bits per heavy atom. The van der Waals surface area contributed by atoms with Crippen LogP contribution in [0.5, 0.6) is 0 Å². The molecule has 1 N–H and O–H groups in total. The predicted molar refractivity (Wildman–Crippen MR) is 68.7 cm³/mol. The van der Waals surface area contributed by atoms with Crippen molar-refractivity contribution in [2.24, 2.45) is 0 Å². The average Bonchev–Trinajstić information content (AvgIpc) is 2.85. The maximum Gasteiger partial charge on any atom is 0.416 e. The maximum absolute atomic E-state index is 12.7. The second-order valence-corrected chi connectivity index (χ2v) is 4.36. The molecule has 0 bridgehead atoms. The molecule has 0 unspecified atom stereocenters. The van der Waals surface area contributed by atoms with Gasteiger partial charge in [0.1, 0.15) is 0 Å². The number of hydrogen-bond donors (Lipinski definition) is 1. The van der Waals surface area contributed by atoms with Crippen LogP contribution in [-0.2, 0) is 6.18 Å². The van der Waals surface area contributed by atoms with Gasteiger partial charge in [0.15, 0.2) is 0 Å². The summed E-state index contributed by atoms with van der Waals surface area (Å²) in [4.78, 5) is 3.05. The lowest BCUT2D eigenvalue weighted by Gasteiger charge is -2.09. The summed E-state index contributed by atoms with van der Waals surface area (Å²) >= 11 is 0. The first-order valence-corrected chi connectivity index (χ1v) is 5.79. The number of fused-ring (bicyclic) bond motifs is 1. The highest BCUT2D eigenvalue weighted by molar-refractivity contribution is 5.85. The van der Waals surface area contributed by atoms with Crippen LogP contribution >= 0.6 is 0 Å². The van der Waals surface area contributed by atoms with Gasteiger partial charge in [0.05, 0.1) is 5.56 Å². The molecule has 1 nitrogen and oxygen atoms in total. The van der Waals surface area contributed by atoms with Crippen LogP contribution < -0.4 is 0 Å². The van der Waals surface area contributed by atoms with Gasteiger partial charge in [-0.1, -0.05) is 18.2 Å². The van der Waals surface area contributed by atoms with E-state index in [1.165, 1.54) is 12.1 Å². The first-order chi connectivity index (χ1) is 9.04. The van der Waals surface area contributed by atoms with Crippen LogP contribution in [0.1, 0.15) is 5.56 Å². The first-order valence-electron chi connectivity index (χ1n) is 5.79. The van der Waals surface area contributed by atoms with Gasteiger partial charge in [-0.2, -0.15) is 13.2 Å². The number of aromatic amines is 1. The van der Waals surface area contributed by atoms with E-state index >= 15 is 0 Å². The van der Waals surface area contributed by atoms with Gasteiger partial charge in [-0.15, -0.1) is 0 Å². The second-order valence-electron chi connectivity index (χ2n) is 4.36. The molecule has 0 radical (unpaired) electrons. The van der Waals surface area contributed by atoms with Gasteiger partial charge in [0.25, 0.3) is 0 Å². The Morgan fingerprint density at radius 1 is 0.842 bits per heavy atom. The molecule has 0 spiro atoms. The highest BCUT2D eigenvalue weighted by Crippen LogP contribution is 2.32. The van der Waals surface area contributed by atoms with E-state index < -0.39 is 11.7 Å². The van der Waals surface area contributed by atoms with Crippen LogP contribution in [0, 0.1) is 0 Å². The summed E-state index contributed by atoms with van der Waals surface area (Å²) in [7, 11) is 0. The van der Waals surface area contributed by atoms with Crippen molar-refractivity contribution >= 4 is 10.9 Å². The Bertz CT molecular complexity index is 725. The monoisotopic (exact) mass is 261 g/mol. The molecule has 2 aromatic carbocycles. The Labute approximate surface area is 107 Å². The zero-order chi connectivity index (χ0) is 13.5. The van der Waals surface area contributed by atoms with Gasteiger partial charge in [-0.25, -0.2) is 0 Å². The van der Waals surface area contributed by atoms with E-state index in [9.17, 15) is 13.2 Å². The number of nitrogens with one attached hydrogen (secondary N) is 1. The van der Waals surface area contributed by atoms with Crippen molar-refractivity contribution in [3.05, 3.63) is 60.3 Å². The number of H-pyrrole nitrogens is 1. The minimum atomic E-state index is -4.31. The molecule has 4 heteroatoms. The molecule has 3 aromatic rings. The van der Waals surface area contributed by atoms with E-state index in [0.29, 0.717) is 5.56 Å². The van der Waals surface area contributed by atoms with Crippen LogP contribution in [0.2, 0.25) is 0 Å². The fourth-order valence-corrected chi connectivity index (χ4v) is 2.11. The normalized spacial score (nSPS) is 11.9. The molecule has 19 heavy (non-hydrogen) atoms. The number of halogens is 3. The summed E-state index contributed by atoms with van der Waals surface area (Å²) in [6.45, 7) is 0. The van der Waals surface area contributed by atoms with E-state index in [0.717, 1.165) is 22.5 Å². The van der Waals surface area contributed by atoms with Gasteiger partial charge in [0, 0.05) is 11.7 Å². The molecule has 0 saturated heterocycles. The summed E-state index contributed by atoms with van der Waals surface area (Å²) in [6, 6.07) is 12.8. The summed E-state index contributed by atoms with van der Waals surface area (Å²) in [6.07, 6.45) is -2.51. The molecule has 0 aliphatic carbocycles. The Morgan fingerprint density at radius 3 is 2.42 bits per heavy atom. The smallest absolute Gasteiger partial charge is 0.361 e. The van der Waals surface area contributed by atoms with E-state index in [-0.39, 0.29) is 0 Å². The Kier molecular flexibility index (Phi) is 2.59. The summed E-state index contributed by atoms with van der Waals surface area (Å²) < 4.78 is 38.0. The fourth-order valence-electron chi connectivity index (χ4n) is 2.11. The van der Waals surface area contributed by atoms with E-state index in [1.54, 1.807) is 12.3 Å². The van der Waals surface area contributed by atoms with Crippen LogP contribution in [0.3, 0.4) is 0 Å². The Hall–Kier alpha value is -2.23. The molecule has 0 atom stereocenters. The SMILES string of the molecule is FC(F)(F)c1cccc(-c2ccc3[nH]ccc3c2)c1. The van der Waals surface area contributed by atoms with Gasteiger partial charge in [-0.05, 0) is 46.8 Å². The molecule has 1 heterocycles. The fraction of sp³-hybridized carbons (Fsp3) is 0.0667. The lowest BCUT2D eigenvalue weighted by molar-refractivity contribution is -0.137. The molecular formula is C15H10F3N. The molecule has 0 aliphatic heterocycles. The molecular weight excluding hydrogens is 251 g/mol. The van der Waals surface area contributed by atoms with Gasteiger partial charge < -0.3 is 4.98 Å². The molecule has 3 rings (SSSR count). The number of benzene rings is 2. The van der Waals surface area contributed by atoms with Gasteiger partial charge in [-0.3, -0.25) is 0 Å². The third kappa shape index (κ3) is 2.21. The highest BCUT2D eigenvalue weighted by atomic mass is 19.4. The number of aromatic nitrogens is 1. The highest BCUT2D eigenvalue weighted by Gasteiger charge is 2.30. The average molecular weight is 261 g/mol. The first kappa shape index (κ1) is 11.8. The summed E-state index contributed by atoms with van der Waals surface area (Å²) in [5, 5.41) is 0.981. The van der Waals surface area contributed by atoms with Crippen molar-refractivity contribution in [1.29, 1.82) is 0 Å². The Balaban J connectivity index is 2.10. The summed E-state index contributed by atoms with van der Waals surface area (Å²) in [5.74, 6) is 0. The molecule has 96 valence electrons. The quantitative estimate of drug-likeness (QED) is 0.644. The van der Waals surface area contributed by atoms with Crippen LogP contribution in [0.15, 0.2) is 54.7 Å². The van der Waals surface area contributed by atoms with E-state index in [2.05, 4.69) is 4.98 Å². The standard InChI is InChI=1S/C15H10F3N/c16-15(17,18)13-3-1-2-10(9-13)11-4-5-14-12(8-11)6-7-19-14/h1-9,19H. The van der Waals surface area contributed by atoms with Gasteiger partial charge >= 0.3 is 6.18 Å². The van der Waals surface area contributed by atoms with E-state index in [1.807, 2.05) is 24.3 Å². The van der Waals surface area contributed by atoms with Crippen LogP contribution in [-0.4, -0.2) is 4.98 Å². The number of hydrogen-bond acceptors (Lipinski definition) is 0. The van der Waals surface area contributed by atoms with Gasteiger partial charge in [0.2, 0.25) is 0 Å². The van der Waals surface area contributed by atoms with Crippen LogP contribution in [0.25, 0.3) is 22.0 Å². The summed E-state index contributed by atoms with van der Waals surface area (Å²) in [5.41, 5.74) is 1.69. The number of alkyl halides is 3. The topological polar surface area (TPSA) is 15.8 Å². The third-order valence-corrected chi connectivity index (χ3v) is 3.08. The van der Waals surface area contributed by atoms with Crippen LogP contribution in [0.4, 0.5) is 13.2 Å². The van der Waals surface area contributed by atoms with Crippen molar-refractivity contribution in [2.75, 3.05) is 0 Å².